The monoisotopic (exact) mass is 246 g/mol. The zero-order valence-corrected chi connectivity index (χ0v) is 11.3. The summed E-state index contributed by atoms with van der Waals surface area (Å²) in [6.07, 6.45) is 3.97. The van der Waals surface area contributed by atoms with Gasteiger partial charge in [0.2, 0.25) is 0 Å². The van der Waals surface area contributed by atoms with Gasteiger partial charge in [-0.25, -0.2) is 0 Å². The molecule has 0 spiro atoms. The van der Waals surface area contributed by atoms with E-state index in [0.29, 0.717) is 0 Å². The van der Waals surface area contributed by atoms with Crippen LogP contribution in [0, 0.1) is 11.3 Å². The van der Waals surface area contributed by atoms with E-state index in [1.807, 2.05) is 6.07 Å². The van der Waals surface area contributed by atoms with Crippen LogP contribution in [0.1, 0.15) is 18.4 Å². The number of nitrogens with zero attached hydrogens (tertiary/aromatic N) is 2. The van der Waals surface area contributed by atoms with Crippen molar-refractivity contribution in [2.24, 2.45) is 0 Å². The summed E-state index contributed by atoms with van der Waals surface area (Å²) in [6.45, 7) is 2.02. The molecular weight excluding hydrogens is 228 g/mol. The summed E-state index contributed by atoms with van der Waals surface area (Å²) in [5.41, 5.74) is 0.953. The van der Waals surface area contributed by atoms with Crippen LogP contribution in [0.4, 0.5) is 0 Å². The summed E-state index contributed by atoms with van der Waals surface area (Å²) in [5, 5.41) is 9.62. The Labute approximate surface area is 108 Å². The first-order valence-electron chi connectivity index (χ1n) is 5.95. The van der Waals surface area contributed by atoms with Gasteiger partial charge in [-0.15, -0.1) is 11.8 Å². The van der Waals surface area contributed by atoms with E-state index < -0.39 is 0 Å². The molecular formula is C14H18N2S. The maximum atomic E-state index is 9.62. The Hall–Kier alpha value is -0.980. The van der Waals surface area contributed by atoms with E-state index in [-0.39, 0.29) is 5.41 Å². The summed E-state index contributed by atoms with van der Waals surface area (Å²) >= 11 is 1.74. The molecule has 0 saturated carbocycles. The van der Waals surface area contributed by atoms with Gasteiger partial charge in [0, 0.05) is 4.90 Å². The smallest absolute Gasteiger partial charge is 0.0857 e. The Morgan fingerprint density at radius 3 is 2.53 bits per heavy atom. The van der Waals surface area contributed by atoms with Crippen molar-refractivity contribution in [2.45, 2.75) is 23.2 Å². The highest BCUT2D eigenvalue weighted by Crippen LogP contribution is 2.39. The Balaban J connectivity index is 2.38. The number of hydrogen-bond donors (Lipinski definition) is 0. The second-order valence-corrected chi connectivity index (χ2v) is 5.55. The van der Waals surface area contributed by atoms with Crippen molar-refractivity contribution in [3.63, 3.8) is 0 Å². The van der Waals surface area contributed by atoms with Crippen LogP contribution in [0.2, 0.25) is 0 Å². The molecule has 1 aromatic carbocycles. The maximum absolute atomic E-state index is 9.62. The van der Waals surface area contributed by atoms with Gasteiger partial charge in [0.1, 0.15) is 0 Å². The minimum Gasteiger partial charge on any atom is -0.306 e. The molecule has 0 aliphatic carbocycles. The summed E-state index contributed by atoms with van der Waals surface area (Å²) in [7, 11) is 2.13. The molecule has 1 aliphatic rings. The van der Waals surface area contributed by atoms with Gasteiger partial charge in [0.15, 0.2) is 0 Å². The summed E-state index contributed by atoms with van der Waals surface area (Å²) in [6, 6.07) is 10.9. The van der Waals surface area contributed by atoms with Crippen LogP contribution in [0.3, 0.4) is 0 Å². The quantitative estimate of drug-likeness (QED) is 0.751. The Morgan fingerprint density at radius 2 is 1.94 bits per heavy atom. The van der Waals surface area contributed by atoms with Crippen LogP contribution in [0.15, 0.2) is 29.2 Å². The molecule has 1 heterocycles. The standard InChI is InChI=1S/C14H18N2S/c1-16-9-7-14(11-15,8-10-16)12-5-3-4-6-13(12)17-2/h3-6H,7-10H2,1-2H3. The average Bonchev–Trinajstić information content (AvgIpc) is 2.40. The summed E-state index contributed by atoms with van der Waals surface area (Å²) in [4.78, 5) is 3.55. The highest BCUT2D eigenvalue weighted by atomic mass is 32.2. The van der Waals surface area contributed by atoms with Gasteiger partial charge in [0.05, 0.1) is 11.5 Å². The summed E-state index contributed by atoms with van der Waals surface area (Å²) in [5.74, 6) is 0. The van der Waals surface area contributed by atoms with Gasteiger partial charge in [-0.1, -0.05) is 18.2 Å². The predicted molar refractivity (Wildman–Crippen MR) is 72.2 cm³/mol. The Morgan fingerprint density at radius 1 is 1.29 bits per heavy atom. The minimum absolute atomic E-state index is 0.272. The molecule has 17 heavy (non-hydrogen) atoms. The average molecular weight is 246 g/mol. The van der Waals surface area contributed by atoms with Crippen molar-refractivity contribution in [3.8, 4) is 6.07 Å². The van der Waals surface area contributed by atoms with Crippen LogP contribution >= 0.6 is 11.8 Å². The van der Waals surface area contributed by atoms with Crippen LogP contribution in [0.25, 0.3) is 0 Å². The van der Waals surface area contributed by atoms with Crippen LogP contribution in [0.5, 0.6) is 0 Å². The summed E-state index contributed by atoms with van der Waals surface area (Å²) < 4.78 is 0. The number of likely N-dealkylation sites (tertiary alicyclic amines) is 1. The van der Waals surface area contributed by atoms with Crippen molar-refractivity contribution < 1.29 is 0 Å². The van der Waals surface area contributed by atoms with E-state index in [2.05, 4.69) is 42.5 Å². The fourth-order valence-electron chi connectivity index (χ4n) is 2.48. The molecule has 90 valence electrons. The lowest BCUT2D eigenvalue weighted by molar-refractivity contribution is 0.220. The molecule has 0 aromatic heterocycles. The molecule has 0 N–H and O–H groups in total. The number of rotatable bonds is 2. The topological polar surface area (TPSA) is 27.0 Å². The second-order valence-electron chi connectivity index (χ2n) is 4.70. The molecule has 0 unspecified atom stereocenters. The van der Waals surface area contributed by atoms with Crippen molar-refractivity contribution >= 4 is 11.8 Å². The first-order valence-corrected chi connectivity index (χ1v) is 7.17. The molecule has 3 heteroatoms. The molecule has 0 bridgehead atoms. The maximum Gasteiger partial charge on any atom is 0.0857 e. The number of piperidine rings is 1. The lowest BCUT2D eigenvalue weighted by atomic mass is 9.74. The van der Waals surface area contributed by atoms with E-state index in [4.69, 9.17) is 0 Å². The predicted octanol–water partition coefficient (Wildman–Crippen LogP) is 2.90. The Bertz CT molecular complexity index is 428. The van der Waals surface area contributed by atoms with E-state index in [0.717, 1.165) is 25.9 Å². The number of hydrogen-bond acceptors (Lipinski definition) is 3. The largest absolute Gasteiger partial charge is 0.306 e. The van der Waals surface area contributed by atoms with Gasteiger partial charge in [-0.2, -0.15) is 5.26 Å². The van der Waals surface area contributed by atoms with E-state index >= 15 is 0 Å². The third kappa shape index (κ3) is 2.34. The van der Waals surface area contributed by atoms with Gasteiger partial charge in [-0.3, -0.25) is 0 Å². The van der Waals surface area contributed by atoms with Crippen molar-refractivity contribution in [1.82, 2.24) is 4.90 Å². The van der Waals surface area contributed by atoms with Crippen molar-refractivity contribution in [1.29, 1.82) is 5.26 Å². The number of benzene rings is 1. The molecule has 1 fully saturated rings. The normalized spacial score (nSPS) is 19.8. The van der Waals surface area contributed by atoms with Gasteiger partial charge in [-0.05, 0) is 50.9 Å². The van der Waals surface area contributed by atoms with E-state index in [9.17, 15) is 5.26 Å². The van der Waals surface area contributed by atoms with Crippen molar-refractivity contribution in [3.05, 3.63) is 29.8 Å². The van der Waals surface area contributed by atoms with Gasteiger partial charge < -0.3 is 4.90 Å². The minimum atomic E-state index is -0.272. The van der Waals surface area contributed by atoms with E-state index in [1.165, 1.54) is 10.5 Å². The first-order chi connectivity index (χ1) is 8.22. The van der Waals surface area contributed by atoms with Crippen LogP contribution in [-0.4, -0.2) is 31.3 Å². The molecule has 2 rings (SSSR count). The van der Waals surface area contributed by atoms with E-state index in [1.54, 1.807) is 11.8 Å². The second kappa shape index (κ2) is 5.12. The highest BCUT2D eigenvalue weighted by Gasteiger charge is 2.36. The molecule has 0 amide bonds. The van der Waals surface area contributed by atoms with Crippen LogP contribution < -0.4 is 0 Å². The van der Waals surface area contributed by atoms with Gasteiger partial charge in [0.25, 0.3) is 0 Å². The SMILES string of the molecule is CSc1ccccc1C1(C#N)CCN(C)CC1. The van der Waals surface area contributed by atoms with Crippen molar-refractivity contribution in [2.75, 3.05) is 26.4 Å². The number of nitriles is 1. The molecule has 1 aliphatic heterocycles. The number of thioether (sulfide) groups is 1. The fourth-order valence-corrected chi connectivity index (χ4v) is 3.18. The lowest BCUT2D eigenvalue weighted by Crippen LogP contribution is -2.40. The zero-order valence-electron chi connectivity index (χ0n) is 10.4. The third-order valence-corrected chi connectivity index (χ3v) is 4.47. The molecule has 1 aromatic rings. The molecule has 0 radical (unpaired) electrons. The third-order valence-electron chi connectivity index (χ3n) is 3.68. The fraction of sp³-hybridized carbons (Fsp3) is 0.500. The first kappa shape index (κ1) is 12.5. The highest BCUT2D eigenvalue weighted by molar-refractivity contribution is 7.98. The van der Waals surface area contributed by atoms with Crippen LogP contribution in [-0.2, 0) is 5.41 Å². The molecule has 1 saturated heterocycles. The Kier molecular flexibility index (Phi) is 3.76. The molecule has 2 nitrogen and oxygen atoms in total. The van der Waals surface area contributed by atoms with Gasteiger partial charge >= 0.3 is 0 Å². The molecule has 0 atom stereocenters. The lowest BCUT2D eigenvalue weighted by Gasteiger charge is -2.36. The zero-order chi connectivity index (χ0) is 12.3.